The molecule has 92 valence electrons. The summed E-state index contributed by atoms with van der Waals surface area (Å²) in [7, 11) is 1.66. The molecule has 0 radical (unpaired) electrons. The van der Waals surface area contributed by atoms with E-state index in [0.29, 0.717) is 6.42 Å². The van der Waals surface area contributed by atoms with Gasteiger partial charge in [-0.05, 0) is 17.7 Å². The Hall–Kier alpha value is -1.86. The fraction of sp³-hybridized carbons (Fsp3) is 0.286. The molecular formula is C14H14N2OS. The van der Waals surface area contributed by atoms with Crippen LogP contribution in [0, 0.1) is 11.3 Å². The maximum atomic E-state index is 8.53. The largest absolute Gasteiger partial charge is 0.497 e. The quantitative estimate of drug-likeness (QED) is 0.827. The highest BCUT2D eigenvalue weighted by atomic mass is 32.1. The van der Waals surface area contributed by atoms with E-state index in [2.05, 4.69) is 23.2 Å². The standard InChI is InChI=1S/C14H14N2OS/c1-17-13-6-4-11(5-7-13)9-14-16-12(10-18-14)3-2-8-15/h4-7,10H,2-3,9H2,1H3. The molecule has 0 aliphatic heterocycles. The lowest BCUT2D eigenvalue weighted by atomic mass is 10.1. The Bertz CT molecular complexity index is 540. The van der Waals surface area contributed by atoms with Crippen molar-refractivity contribution in [1.82, 2.24) is 4.98 Å². The van der Waals surface area contributed by atoms with Crippen LogP contribution in [0.25, 0.3) is 0 Å². The maximum absolute atomic E-state index is 8.53. The van der Waals surface area contributed by atoms with E-state index >= 15 is 0 Å². The summed E-state index contributed by atoms with van der Waals surface area (Å²) >= 11 is 1.65. The summed E-state index contributed by atoms with van der Waals surface area (Å²) in [6.07, 6.45) is 2.11. The van der Waals surface area contributed by atoms with Crippen molar-refractivity contribution in [3.63, 3.8) is 0 Å². The number of aromatic nitrogens is 1. The molecular weight excluding hydrogens is 244 g/mol. The van der Waals surface area contributed by atoms with Gasteiger partial charge in [0.15, 0.2) is 0 Å². The normalized spacial score (nSPS) is 10.0. The van der Waals surface area contributed by atoms with Crippen LogP contribution in [0.3, 0.4) is 0 Å². The number of thiazole rings is 1. The van der Waals surface area contributed by atoms with Gasteiger partial charge in [-0.15, -0.1) is 11.3 Å². The number of hydrogen-bond acceptors (Lipinski definition) is 4. The average molecular weight is 258 g/mol. The summed E-state index contributed by atoms with van der Waals surface area (Å²) < 4.78 is 5.12. The van der Waals surface area contributed by atoms with E-state index in [4.69, 9.17) is 10.00 Å². The van der Waals surface area contributed by atoms with Gasteiger partial charge in [0.1, 0.15) is 5.75 Å². The van der Waals surface area contributed by atoms with Crippen LogP contribution >= 0.6 is 11.3 Å². The van der Waals surface area contributed by atoms with Crippen molar-refractivity contribution in [2.45, 2.75) is 19.3 Å². The van der Waals surface area contributed by atoms with Crippen LogP contribution in [-0.4, -0.2) is 12.1 Å². The Kier molecular flexibility index (Phi) is 4.32. The first-order chi connectivity index (χ1) is 8.81. The van der Waals surface area contributed by atoms with Gasteiger partial charge in [0.2, 0.25) is 0 Å². The third-order valence-electron chi connectivity index (χ3n) is 2.61. The summed E-state index contributed by atoms with van der Waals surface area (Å²) in [6, 6.07) is 10.2. The van der Waals surface area contributed by atoms with Crippen molar-refractivity contribution < 1.29 is 4.74 Å². The van der Waals surface area contributed by atoms with Gasteiger partial charge < -0.3 is 4.74 Å². The minimum atomic E-state index is 0.533. The lowest BCUT2D eigenvalue weighted by Gasteiger charge is -2.01. The number of aryl methyl sites for hydroxylation is 1. The van der Waals surface area contributed by atoms with Crippen molar-refractivity contribution >= 4 is 11.3 Å². The SMILES string of the molecule is COc1ccc(Cc2nc(CCC#N)cs2)cc1. The summed E-state index contributed by atoms with van der Waals surface area (Å²) in [6.45, 7) is 0. The Morgan fingerprint density at radius 1 is 1.33 bits per heavy atom. The molecule has 0 saturated carbocycles. The highest BCUT2D eigenvalue weighted by molar-refractivity contribution is 7.09. The van der Waals surface area contributed by atoms with Crippen LogP contribution in [0.15, 0.2) is 29.6 Å². The molecule has 1 heterocycles. The van der Waals surface area contributed by atoms with Crippen LogP contribution in [0.5, 0.6) is 5.75 Å². The van der Waals surface area contributed by atoms with Gasteiger partial charge in [-0.3, -0.25) is 0 Å². The molecule has 0 fully saturated rings. The van der Waals surface area contributed by atoms with E-state index in [-0.39, 0.29) is 0 Å². The Balaban J connectivity index is 2.00. The predicted octanol–water partition coefficient (Wildman–Crippen LogP) is 3.20. The van der Waals surface area contributed by atoms with Crippen LogP contribution < -0.4 is 4.74 Å². The van der Waals surface area contributed by atoms with Crippen molar-refractivity contribution in [2.75, 3.05) is 7.11 Å². The first-order valence-corrected chi connectivity index (χ1v) is 6.63. The van der Waals surface area contributed by atoms with Gasteiger partial charge in [0.05, 0.1) is 23.9 Å². The molecule has 3 nitrogen and oxygen atoms in total. The second-order valence-electron chi connectivity index (χ2n) is 3.92. The third kappa shape index (κ3) is 3.31. The number of nitriles is 1. The smallest absolute Gasteiger partial charge is 0.118 e. The molecule has 18 heavy (non-hydrogen) atoms. The van der Waals surface area contributed by atoms with Gasteiger partial charge in [0, 0.05) is 24.6 Å². The number of methoxy groups -OCH3 is 1. The zero-order chi connectivity index (χ0) is 12.8. The number of benzene rings is 1. The summed E-state index contributed by atoms with van der Waals surface area (Å²) in [5, 5.41) is 11.7. The first kappa shape index (κ1) is 12.6. The Morgan fingerprint density at radius 2 is 2.11 bits per heavy atom. The van der Waals surface area contributed by atoms with E-state index in [1.54, 1.807) is 18.4 Å². The van der Waals surface area contributed by atoms with Gasteiger partial charge in [-0.2, -0.15) is 5.26 Å². The number of nitrogens with zero attached hydrogens (tertiary/aromatic N) is 2. The molecule has 0 bridgehead atoms. The molecule has 0 N–H and O–H groups in total. The third-order valence-corrected chi connectivity index (χ3v) is 3.50. The average Bonchev–Trinajstić information content (AvgIpc) is 2.85. The Labute approximate surface area is 111 Å². The summed E-state index contributed by atoms with van der Waals surface area (Å²) in [5.41, 5.74) is 2.24. The molecule has 1 aromatic heterocycles. The van der Waals surface area contributed by atoms with E-state index < -0.39 is 0 Å². The van der Waals surface area contributed by atoms with Gasteiger partial charge >= 0.3 is 0 Å². The van der Waals surface area contributed by atoms with Crippen molar-refractivity contribution in [2.24, 2.45) is 0 Å². The van der Waals surface area contributed by atoms with E-state index in [9.17, 15) is 0 Å². The van der Waals surface area contributed by atoms with E-state index in [1.165, 1.54) is 5.56 Å². The van der Waals surface area contributed by atoms with Gasteiger partial charge in [-0.25, -0.2) is 4.98 Å². The fourth-order valence-electron chi connectivity index (χ4n) is 1.65. The van der Waals surface area contributed by atoms with Crippen molar-refractivity contribution in [3.8, 4) is 11.8 Å². The number of rotatable bonds is 5. The molecule has 1 aromatic carbocycles. The van der Waals surface area contributed by atoms with Crippen LogP contribution in [0.2, 0.25) is 0 Å². The summed E-state index contributed by atoms with van der Waals surface area (Å²) in [4.78, 5) is 4.52. The lowest BCUT2D eigenvalue weighted by Crippen LogP contribution is -1.90. The minimum Gasteiger partial charge on any atom is -0.497 e. The zero-order valence-electron chi connectivity index (χ0n) is 10.2. The Morgan fingerprint density at radius 3 is 2.78 bits per heavy atom. The second kappa shape index (κ2) is 6.18. The zero-order valence-corrected chi connectivity index (χ0v) is 11.0. The van der Waals surface area contributed by atoms with Crippen molar-refractivity contribution in [1.29, 1.82) is 5.26 Å². The molecule has 2 rings (SSSR count). The number of ether oxygens (including phenoxy) is 1. The molecule has 0 spiro atoms. The van der Waals surface area contributed by atoms with Crippen molar-refractivity contribution in [3.05, 3.63) is 45.9 Å². The topological polar surface area (TPSA) is 45.9 Å². The molecule has 4 heteroatoms. The predicted molar refractivity (Wildman–Crippen MR) is 71.8 cm³/mol. The maximum Gasteiger partial charge on any atom is 0.118 e. The molecule has 0 amide bonds. The molecule has 0 aliphatic carbocycles. The van der Waals surface area contributed by atoms with Gasteiger partial charge in [-0.1, -0.05) is 12.1 Å². The van der Waals surface area contributed by atoms with Crippen LogP contribution in [0.4, 0.5) is 0 Å². The second-order valence-corrected chi connectivity index (χ2v) is 4.86. The molecule has 0 saturated heterocycles. The lowest BCUT2D eigenvalue weighted by molar-refractivity contribution is 0.414. The molecule has 2 aromatic rings. The minimum absolute atomic E-state index is 0.533. The monoisotopic (exact) mass is 258 g/mol. The molecule has 0 aliphatic rings. The molecule has 0 atom stereocenters. The highest BCUT2D eigenvalue weighted by Crippen LogP contribution is 2.18. The highest BCUT2D eigenvalue weighted by Gasteiger charge is 2.03. The molecule has 0 unspecified atom stereocenters. The number of hydrogen-bond donors (Lipinski definition) is 0. The summed E-state index contributed by atoms with van der Waals surface area (Å²) in [5.74, 6) is 0.868. The fourth-order valence-corrected chi connectivity index (χ4v) is 2.51. The first-order valence-electron chi connectivity index (χ1n) is 5.75. The van der Waals surface area contributed by atoms with E-state index in [0.717, 1.165) is 29.3 Å². The van der Waals surface area contributed by atoms with Crippen LogP contribution in [-0.2, 0) is 12.8 Å². The van der Waals surface area contributed by atoms with E-state index in [1.807, 2.05) is 17.5 Å². The van der Waals surface area contributed by atoms with Crippen LogP contribution in [0.1, 0.15) is 22.7 Å². The van der Waals surface area contributed by atoms with Gasteiger partial charge in [0.25, 0.3) is 0 Å².